The predicted molar refractivity (Wildman–Crippen MR) is 481 cm³/mol. The van der Waals surface area contributed by atoms with E-state index in [4.69, 9.17) is 0 Å². The Labute approximate surface area is 641 Å². The molecule has 14 rings (SSSR count). The average molecular weight is 1450 g/mol. The molecule has 0 atom stereocenters. The van der Waals surface area contributed by atoms with Crippen molar-refractivity contribution in [2.24, 2.45) is 0 Å². The molecule has 0 aliphatic heterocycles. The molecule has 3 nitrogen and oxygen atoms in total. The lowest BCUT2D eigenvalue weighted by molar-refractivity contribution is 1.10. The molecule has 0 heterocycles. The minimum atomic E-state index is -1.36. The molecule has 0 fully saturated rings. The molecule has 1 aliphatic rings. The van der Waals surface area contributed by atoms with Crippen molar-refractivity contribution in [3.05, 3.63) is 343 Å². The van der Waals surface area contributed by atoms with Crippen LogP contribution in [-0.4, -0.2) is 34.4 Å². The number of rotatable bonds is 21. The van der Waals surface area contributed by atoms with Crippen LogP contribution in [0.5, 0.6) is 0 Å². The number of hydrogen-bond donors (Lipinski definition) is 0. The second-order valence-electron chi connectivity index (χ2n) is 32.2. The molecule has 107 heavy (non-hydrogen) atoms. The van der Waals surface area contributed by atoms with Gasteiger partial charge in [0, 0.05) is 50.4 Å². The van der Waals surface area contributed by atoms with Crippen molar-refractivity contribution in [3.63, 3.8) is 0 Å². The first-order chi connectivity index (χ1) is 51.4. The van der Waals surface area contributed by atoms with Crippen LogP contribution in [0.25, 0.3) is 70.2 Å². The number of aryl methyl sites for hydroxylation is 8. The highest BCUT2D eigenvalue weighted by Gasteiger charge is 2.25. The van der Waals surface area contributed by atoms with Crippen molar-refractivity contribution < 1.29 is 0 Å². The number of benzene rings is 13. The maximum atomic E-state index is 2.55. The monoisotopic (exact) mass is 1450 g/mol. The minimum Gasteiger partial charge on any atom is -0.311 e. The highest BCUT2D eigenvalue weighted by Crippen LogP contribution is 2.51. The van der Waals surface area contributed by atoms with Crippen LogP contribution in [0.1, 0.15) is 90.7 Å². The molecule has 0 saturated carbocycles. The highest BCUT2D eigenvalue weighted by molar-refractivity contribution is 8.32. The van der Waals surface area contributed by atoms with Crippen LogP contribution in [0, 0.1) is 48.5 Å². The second-order valence-corrected chi connectivity index (χ2v) is 46.4. The van der Waals surface area contributed by atoms with Crippen molar-refractivity contribution in [2.75, 3.05) is 33.0 Å². The number of fused-ring (bicyclic) bond motifs is 5. The van der Waals surface area contributed by atoms with E-state index in [1.54, 1.807) is 0 Å². The number of anilines is 9. The normalized spacial score (nSPS) is 12.8. The summed E-state index contributed by atoms with van der Waals surface area (Å²) in [5.41, 5.74) is 27.9. The molecule has 6 heteroatoms. The van der Waals surface area contributed by atoms with E-state index < -0.39 is 26.2 Å². The first-order valence-corrected chi connectivity index (χ1v) is 47.8. The van der Waals surface area contributed by atoms with Crippen molar-refractivity contribution in [1.29, 1.82) is 0 Å². The van der Waals surface area contributed by atoms with E-state index >= 15 is 0 Å². The van der Waals surface area contributed by atoms with Crippen molar-refractivity contribution >= 4 is 158 Å². The van der Waals surface area contributed by atoms with Gasteiger partial charge in [0.25, 0.3) is 0 Å². The minimum absolute atomic E-state index is 0.975. The van der Waals surface area contributed by atoms with Crippen molar-refractivity contribution in [2.45, 2.75) is 112 Å². The highest BCUT2D eigenvalue weighted by atomic mass is 32.3. The van der Waals surface area contributed by atoms with Crippen LogP contribution in [0.2, 0.25) is 39.3 Å². The lowest BCUT2D eigenvalue weighted by Gasteiger charge is -2.33. The molecule has 0 unspecified atom stereocenters. The summed E-state index contributed by atoms with van der Waals surface area (Å²) >= 11 is 0. The molecule has 0 saturated heterocycles. The van der Waals surface area contributed by atoms with Crippen LogP contribution < -0.4 is 35.5 Å². The zero-order valence-electron chi connectivity index (χ0n) is 65.4. The van der Waals surface area contributed by atoms with E-state index in [1.165, 1.54) is 137 Å². The Hall–Kier alpha value is -10.5. The van der Waals surface area contributed by atoms with Crippen LogP contribution in [0.15, 0.2) is 260 Å². The average Bonchev–Trinajstić information content (AvgIpc) is 0.724. The van der Waals surface area contributed by atoms with Crippen LogP contribution >= 0.6 is 10.0 Å². The van der Waals surface area contributed by atoms with Gasteiger partial charge in [0.05, 0.1) is 27.5 Å². The molecule has 0 radical (unpaired) electrons. The third-order valence-corrected chi connectivity index (χ3v) is 29.1. The van der Waals surface area contributed by atoms with Gasteiger partial charge in [0.2, 0.25) is 0 Å². The molecule has 0 spiro atoms. The molecule has 536 valence electrons. The quantitative estimate of drug-likeness (QED) is 0.0403. The summed E-state index contributed by atoms with van der Waals surface area (Å²) in [6.45, 7) is 30.1. The van der Waals surface area contributed by atoms with Crippen LogP contribution in [0.3, 0.4) is 0 Å². The van der Waals surface area contributed by atoms with Crippen LogP contribution in [-0.2, 0) is 6.42 Å². The Morgan fingerprint density at radius 1 is 0.299 bits per heavy atom. The summed E-state index contributed by atoms with van der Waals surface area (Å²) in [5.74, 6) is 1.07. The molecular weight excluding hydrogens is 1340 g/mol. The molecular formula is C101H103N3SSi2. The molecule has 0 bridgehead atoms. The van der Waals surface area contributed by atoms with Gasteiger partial charge in [0.15, 0.2) is 0 Å². The third kappa shape index (κ3) is 16.3. The maximum absolute atomic E-state index is 2.55. The summed E-state index contributed by atoms with van der Waals surface area (Å²) in [4.78, 5) is 8.85. The fraction of sp³-hybridized carbons (Fsp3) is 0.188. The summed E-state index contributed by atoms with van der Waals surface area (Å²) < 4.78 is 0. The van der Waals surface area contributed by atoms with Gasteiger partial charge < -0.3 is 14.7 Å². The van der Waals surface area contributed by atoms with E-state index in [-0.39, 0.29) is 0 Å². The summed E-state index contributed by atoms with van der Waals surface area (Å²) in [6, 6.07) is 96.7. The van der Waals surface area contributed by atoms with Gasteiger partial charge in [-0.2, -0.15) is 0 Å². The zero-order valence-corrected chi connectivity index (χ0v) is 68.3. The zero-order chi connectivity index (χ0) is 74.9. The molecule has 1 aliphatic carbocycles. The largest absolute Gasteiger partial charge is 0.311 e. The summed E-state index contributed by atoms with van der Waals surface area (Å²) in [5, 5.41) is 10.6. The molecule has 0 aromatic heterocycles. The van der Waals surface area contributed by atoms with Crippen LogP contribution in [0.4, 0.5) is 51.2 Å². The topological polar surface area (TPSA) is 9.72 Å². The number of nitrogens with zero attached hydrogens (tertiary/aromatic N) is 3. The van der Waals surface area contributed by atoms with Crippen molar-refractivity contribution in [1.82, 2.24) is 0 Å². The second kappa shape index (κ2) is 30.8. The van der Waals surface area contributed by atoms with Gasteiger partial charge in [-0.3, -0.25) is 0 Å². The molecule has 0 N–H and O–H groups in total. The first-order valence-electron chi connectivity index (χ1n) is 38.2. The van der Waals surface area contributed by atoms with Gasteiger partial charge in [-0.05, 0) is 299 Å². The fourth-order valence-corrected chi connectivity index (χ4v) is 19.0. The third-order valence-electron chi connectivity index (χ3n) is 22.2. The lowest BCUT2D eigenvalue weighted by atomic mass is 9.93. The molecule has 0 amide bonds. The first kappa shape index (κ1) is 73.4. The van der Waals surface area contributed by atoms with Gasteiger partial charge in [0.1, 0.15) is 0 Å². The number of hydrogen-bond acceptors (Lipinski definition) is 3. The van der Waals surface area contributed by atoms with E-state index in [9.17, 15) is 0 Å². The fourth-order valence-electron chi connectivity index (χ4n) is 14.9. The lowest BCUT2D eigenvalue weighted by Crippen LogP contribution is -2.37. The summed E-state index contributed by atoms with van der Waals surface area (Å²) in [6.07, 6.45) is 26.3. The molecule has 13 aromatic rings. The summed E-state index contributed by atoms with van der Waals surface area (Å²) in [7, 11) is -3.91. The van der Waals surface area contributed by atoms with Gasteiger partial charge in [-0.25, -0.2) is 10.0 Å². The SMILES string of the molecule is Cc1ccc(N(c2ccc(C)c(C)c2)c2cc3c(cc(N(c4ccc(C)c(C)c4)c4ccc(C)c(CCS(C)(C)c5ccc(/C=C/c6ccc(N(c7ccc(/C=C/c8ccc([Si](C)(C)C)cc8)cc7)c7ccc(/C=C/c8ccc([Si](C)(C)C)cc8)cc7)cc6)cc5)c4)c4ccccc43)c3c2=CCCC=3)cc1C. The maximum Gasteiger partial charge on any atom is 0.0775 e. The Morgan fingerprint density at radius 2 is 0.636 bits per heavy atom. The van der Waals surface area contributed by atoms with E-state index in [0.29, 0.717) is 0 Å². The van der Waals surface area contributed by atoms with Gasteiger partial charge >= 0.3 is 0 Å². The van der Waals surface area contributed by atoms with Gasteiger partial charge in [-0.1, -0.05) is 244 Å². The Kier molecular flexibility index (Phi) is 21.1. The van der Waals surface area contributed by atoms with Crippen molar-refractivity contribution in [3.8, 4) is 0 Å². The van der Waals surface area contributed by atoms with Gasteiger partial charge in [-0.15, -0.1) is 0 Å². The smallest absolute Gasteiger partial charge is 0.0775 e. The predicted octanol–water partition coefficient (Wildman–Crippen LogP) is 26.2. The van der Waals surface area contributed by atoms with E-state index in [0.717, 1.165) is 64.5 Å². The Morgan fingerprint density at radius 3 is 1.04 bits per heavy atom. The Bertz CT molecular complexity index is 5510. The Balaban J connectivity index is 0.720. The van der Waals surface area contributed by atoms with E-state index in [1.807, 2.05) is 0 Å². The molecule has 13 aromatic carbocycles. The van der Waals surface area contributed by atoms with E-state index in [2.05, 4.69) is 418 Å². The standard InChI is InChI=1S/C101H103N3SSi2/c1-70-24-46-87(64-74(70)5)103(88-47-25-71(2)75(6)65-88)100-68-98-95-21-17-19-23-97(95)101(69-99(98)94-20-16-18-22-96(94)100)104(89-48-26-72(3)76(7)66-89)90-49-27-73(4)83(67-90)62-63-105(8,9)91-56-40-80(41-57-91)31-28-77-34-50-84(51-35-77)102(85-52-36-78(37-53-85)29-32-81-42-58-92(59-43-81)106(10,11)12)86-54-38-79(39-55-86)30-33-82-44-60-93(61-45-82)107(13,14)15/h17,19-61,64-69H,16,18,62-63H2,1-15H3/b31-28+,32-29+,33-30+.